The first kappa shape index (κ1) is 17.1. The Morgan fingerprint density at radius 2 is 1.64 bits per heavy atom. The molecule has 3 heterocycles. The highest BCUT2D eigenvalue weighted by atomic mass is 15.2. The van der Waals surface area contributed by atoms with Crippen LogP contribution in [0.2, 0.25) is 0 Å². The van der Waals surface area contributed by atoms with Crippen LogP contribution in [-0.2, 0) is 19.5 Å². The van der Waals surface area contributed by atoms with Gasteiger partial charge in [-0.2, -0.15) is 0 Å². The molecule has 5 rings (SSSR count). The maximum Gasteiger partial charge on any atom is 0.0934 e. The van der Waals surface area contributed by atoms with Crippen molar-refractivity contribution in [2.45, 2.75) is 33.4 Å². The molecular formula is C25H25N3. The van der Waals surface area contributed by atoms with Crippen LogP contribution in [0.25, 0.3) is 11.0 Å². The zero-order valence-corrected chi connectivity index (χ0v) is 16.5. The molecule has 0 radical (unpaired) electrons. The molecule has 0 spiro atoms. The Morgan fingerprint density at radius 3 is 2.46 bits per heavy atom. The minimum atomic E-state index is 0.875. The number of rotatable bonds is 3. The molecule has 28 heavy (non-hydrogen) atoms. The fraction of sp³-hybridized carbons (Fsp3) is 0.240. The maximum atomic E-state index is 4.76. The highest BCUT2D eigenvalue weighted by Gasteiger charge is 2.22. The summed E-state index contributed by atoms with van der Waals surface area (Å²) in [7, 11) is 0. The first-order chi connectivity index (χ1) is 13.7. The largest absolute Gasteiger partial charge is 0.365 e. The number of aromatic nitrogens is 2. The molecule has 0 saturated heterocycles. The van der Waals surface area contributed by atoms with Crippen LogP contribution in [0.15, 0.2) is 66.9 Å². The Morgan fingerprint density at radius 1 is 0.893 bits per heavy atom. The van der Waals surface area contributed by atoms with Gasteiger partial charge in [-0.1, -0.05) is 54.6 Å². The first-order valence-corrected chi connectivity index (χ1v) is 10.0. The van der Waals surface area contributed by atoms with E-state index in [1.54, 1.807) is 0 Å². The molecule has 1 aliphatic heterocycles. The molecule has 0 atom stereocenters. The smallest absolute Gasteiger partial charge is 0.0934 e. The zero-order chi connectivity index (χ0) is 19.1. The SMILES string of the molecule is Cc1c(C)n(Cc2ccccc2)c2c(N3CCc4ccccc4C3)ccnc12. The average Bonchev–Trinajstić information content (AvgIpc) is 2.99. The second-order valence-electron chi connectivity index (χ2n) is 7.75. The lowest BCUT2D eigenvalue weighted by Gasteiger charge is -2.31. The maximum absolute atomic E-state index is 4.76. The lowest BCUT2D eigenvalue weighted by Crippen LogP contribution is -2.30. The second kappa shape index (κ2) is 6.83. The van der Waals surface area contributed by atoms with Gasteiger partial charge in [0.15, 0.2) is 0 Å². The van der Waals surface area contributed by atoms with E-state index in [1.807, 2.05) is 6.20 Å². The van der Waals surface area contributed by atoms with E-state index in [4.69, 9.17) is 4.98 Å². The monoisotopic (exact) mass is 367 g/mol. The van der Waals surface area contributed by atoms with Crippen LogP contribution in [0, 0.1) is 13.8 Å². The Kier molecular flexibility index (Phi) is 4.16. The normalized spacial score (nSPS) is 13.7. The molecule has 0 aliphatic carbocycles. The molecule has 2 aromatic heterocycles. The topological polar surface area (TPSA) is 21.1 Å². The highest BCUT2D eigenvalue weighted by Crippen LogP contribution is 2.34. The van der Waals surface area contributed by atoms with Gasteiger partial charge in [0.1, 0.15) is 0 Å². The van der Waals surface area contributed by atoms with Gasteiger partial charge in [-0.3, -0.25) is 4.98 Å². The molecule has 1 aliphatic rings. The lowest BCUT2D eigenvalue weighted by molar-refractivity contribution is 0.727. The first-order valence-electron chi connectivity index (χ1n) is 10.0. The van der Waals surface area contributed by atoms with Gasteiger partial charge in [0.05, 0.1) is 16.7 Å². The van der Waals surface area contributed by atoms with Crippen molar-refractivity contribution in [3.05, 3.63) is 94.8 Å². The van der Waals surface area contributed by atoms with Gasteiger partial charge in [-0.25, -0.2) is 0 Å². The number of fused-ring (bicyclic) bond motifs is 2. The molecule has 0 bridgehead atoms. The number of aryl methyl sites for hydroxylation is 1. The molecule has 0 unspecified atom stereocenters. The molecular weight excluding hydrogens is 342 g/mol. The van der Waals surface area contributed by atoms with Crippen molar-refractivity contribution in [3.63, 3.8) is 0 Å². The van der Waals surface area contributed by atoms with Crippen LogP contribution < -0.4 is 4.90 Å². The number of benzene rings is 2. The molecule has 2 aromatic carbocycles. The molecule has 0 fully saturated rings. The summed E-state index contributed by atoms with van der Waals surface area (Å²) < 4.78 is 2.45. The molecule has 0 amide bonds. The van der Waals surface area contributed by atoms with Crippen LogP contribution in [0.1, 0.15) is 27.9 Å². The van der Waals surface area contributed by atoms with Crippen LogP contribution >= 0.6 is 0 Å². The van der Waals surface area contributed by atoms with E-state index in [1.165, 1.54) is 39.2 Å². The van der Waals surface area contributed by atoms with Gasteiger partial charge in [-0.15, -0.1) is 0 Å². The quantitative estimate of drug-likeness (QED) is 0.492. The molecule has 0 N–H and O–H groups in total. The molecule has 4 aromatic rings. The Bertz CT molecular complexity index is 1140. The van der Waals surface area contributed by atoms with Crippen LogP contribution in [0.3, 0.4) is 0 Å². The van der Waals surface area contributed by atoms with Crippen LogP contribution in [-0.4, -0.2) is 16.1 Å². The third kappa shape index (κ3) is 2.78. The van der Waals surface area contributed by atoms with E-state index in [2.05, 4.69) is 84.0 Å². The van der Waals surface area contributed by atoms with Crippen molar-refractivity contribution in [1.82, 2.24) is 9.55 Å². The second-order valence-corrected chi connectivity index (χ2v) is 7.75. The summed E-state index contributed by atoms with van der Waals surface area (Å²) >= 11 is 0. The Labute approximate surface area is 166 Å². The summed E-state index contributed by atoms with van der Waals surface area (Å²) in [4.78, 5) is 7.28. The van der Waals surface area contributed by atoms with Crippen LogP contribution in [0.4, 0.5) is 5.69 Å². The molecule has 140 valence electrons. The summed E-state index contributed by atoms with van der Waals surface area (Å²) in [5.41, 5.74) is 10.5. The predicted octanol–water partition coefficient (Wildman–Crippen LogP) is 5.26. The van der Waals surface area contributed by atoms with Gasteiger partial charge in [-0.05, 0) is 48.6 Å². The van der Waals surface area contributed by atoms with Gasteiger partial charge >= 0.3 is 0 Å². The minimum absolute atomic E-state index is 0.875. The number of nitrogens with zero attached hydrogens (tertiary/aromatic N) is 3. The lowest BCUT2D eigenvalue weighted by atomic mass is 9.99. The fourth-order valence-electron chi connectivity index (χ4n) is 4.45. The summed E-state index contributed by atoms with van der Waals surface area (Å²) in [6.45, 7) is 7.30. The summed E-state index contributed by atoms with van der Waals surface area (Å²) in [6, 6.07) is 21.7. The van der Waals surface area contributed by atoms with Crippen molar-refractivity contribution < 1.29 is 0 Å². The minimum Gasteiger partial charge on any atom is -0.365 e. The summed E-state index contributed by atoms with van der Waals surface area (Å²) in [5.74, 6) is 0. The van der Waals surface area contributed by atoms with Crippen molar-refractivity contribution in [1.29, 1.82) is 0 Å². The van der Waals surface area contributed by atoms with Gasteiger partial charge in [0.25, 0.3) is 0 Å². The third-order valence-electron chi connectivity index (χ3n) is 6.13. The van der Waals surface area contributed by atoms with Gasteiger partial charge < -0.3 is 9.47 Å². The van der Waals surface area contributed by atoms with E-state index in [0.717, 1.165) is 31.6 Å². The van der Waals surface area contributed by atoms with Gasteiger partial charge in [0.2, 0.25) is 0 Å². The molecule has 3 heteroatoms. The third-order valence-corrected chi connectivity index (χ3v) is 6.13. The molecule has 0 saturated carbocycles. The van der Waals surface area contributed by atoms with Crippen molar-refractivity contribution in [2.75, 3.05) is 11.4 Å². The predicted molar refractivity (Wildman–Crippen MR) is 116 cm³/mol. The fourth-order valence-corrected chi connectivity index (χ4v) is 4.45. The van der Waals surface area contributed by atoms with E-state index >= 15 is 0 Å². The average molecular weight is 367 g/mol. The standard InChI is InChI=1S/C25H25N3/c1-18-19(2)28(16-20-8-4-3-5-9-20)25-23(12-14-26-24(18)25)27-15-13-21-10-6-7-11-22(21)17-27/h3-12,14H,13,15-17H2,1-2H3. The van der Waals surface area contributed by atoms with E-state index in [9.17, 15) is 0 Å². The van der Waals surface area contributed by atoms with Crippen molar-refractivity contribution >= 4 is 16.7 Å². The number of pyridine rings is 1. The number of hydrogen-bond donors (Lipinski definition) is 0. The highest BCUT2D eigenvalue weighted by molar-refractivity contribution is 5.92. The van der Waals surface area contributed by atoms with E-state index in [-0.39, 0.29) is 0 Å². The van der Waals surface area contributed by atoms with Crippen molar-refractivity contribution in [3.8, 4) is 0 Å². The summed E-state index contributed by atoms with van der Waals surface area (Å²) in [5, 5.41) is 0. The van der Waals surface area contributed by atoms with Crippen LogP contribution in [0.5, 0.6) is 0 Å². The number of anilines is 1. The zero-order valence-electron chi connectivity index (χ0n) is 16.5. The number of hydrogen-bond acceptors (Lipinski definition) is 2. The Balaban J connectivity index is 1.63. The Hall–Kier alpha value is -3.07. The summed E-state index contributed by atoms with van der Waals surface area (Å²) in [6.07, 6.45) is 3.06. The van der Waals surface area contributed by atoms with Gasteiger partial charge in [0, 0.05) is 31.5 Å². The van der Waals surface area contributed by atoms with E-state index in [0.29, 0.717) is 0 Å². The van der Waals surface area contributed by atoms with E-state index < -0.39 is 0 Å². The van der Waals surface area contributed by atoms with Crippen molar-refractivity contribution in [2.24, 2.45) is 0 Å². The molecule has 3 nitrogen and oxygen atoms in total.